The second-order valence-electron chi connectivity index (χ2n) is 9.54. The molecular weight excluding hydrogens is 522 g/mol. The lowest BCUT2D eigenvalue weighted by Crippen LogP contribution is -2.47. The normalized spacial score (nSPS) is 13.0. The lowest BCUT2D eigenvalue weighted by atomic mass is 10.0. The van der Waals surface area contributed by atoms with E-state index in [1.54, 1.807) is 60.7 Å². The Morgan fingerprint density at radius 2 is 1.27 bits per heavy atom. The molecule has 0 bridgehead atoms. The largest absolute Gasteiger partial charge is 0.456 e. The predicted octanol–water partition coefficient (Wildman–Crippen LogP) is 4.85. The van der Waals surface area contributed by atoms with Crippen LogP contribution in [0, 0.1) is 6.92 Å². The molecule has 1 unspecified atom stereocenters. The summed E-state index contributed by atoms with van der Waals surface area (Å²) in [6.45, 7) is 1.31. The van der Waals surface area contributed by atoms with Crippen molar-refractivity contribution in [3.8, 4) is 5.75 Å². The Bertz CT molecular complexity index is 1590. The average molecular weight is 548 g/mol. The maximum atomic E-state index is 13.3. The summed E-state index contributed by atoms with van der Waals surface area (Å²) in [5, 5.41) is 0. The highest BCUT2D eigenvalue weighted by Crippen LogP contribution is 2.26. The smallest absolute Gasteiger partial charge is 0.343 e. The van der Waals surface area contributed by atoms with Crippen LogP contribution < -0.4 is 4.74 Å². The van der Waals surface area contributed by atoms with Crippen LogP contribution in [-0.4, -0.2) is 47.1 Å². The molecular formula is C33H25NO7. The van der Waals surface area contributed by atoms with Crippen LogP contribution >= 0.6 is 0 Å². The molecule has 4 aromatic rings. The molecule has 204 valence electrons. The maximum Gasteiger partial charge on any atom is 0.343 e. The molecule has 8 nitrogen and oxygen atoms in total. The Hall–Kier alpha value is -5.37. The van der Waals surface area contributed by atoms with Gasteiger partial charge in [0, 0.05) is 12.0 Å². The molecule has 4 aromatic carbocycles. The van der Waals surface area contributed by atoms with Gasteiger partial charge in [-0.15, -0.1) is 0 Å². The number of imide groups is 1. The summed E-state index contributed by atoms with van der Waals surface area (Å²) >= 11 is 0. The van der Waals surface area contributed by atoms with Gasteiger partial charge in [0.05, 0.1) is 16.7 Å². The van der Waals surface area contributed by atoms with Crippen LogP contribution in [0.3, 0.4) is 0 Å². The number of aryl methyl sites for hydroxylation is 1. The number of esters is 2. The van der Waals surface area contributed by atoms with Crippen molar-refractivity contribution >= 4 is 29.5 Å². The van der Waals surface area contributed by atoms with E-state index in [-0.39, 0.29) is 28.9 Å². The van der Waals surface area contributed by atoms with E-state index in [9.17, 15) is 24.0 Å². The average Bonchev–Trinajstić information content (AvgIpc) is 3.25. The zero-order chi connectivity index (χ0) is 28.9. The highest BCUT2D eigenvalue weighted by molar-refractivity contribution is 6.22. The molecule has 0 spiro atoms. The first-order chi connectivity index (χ1) is 19.8. The zero-order valence-corrected chi connectivity index (χ0v) is 22.1. The highest BCUT2D eigenvalue weighted by atomic mass is 16.5. The van der Waals surface area contributed by atoms with Gasteiger partial charge in [-0.1, -0.05) is 60.2 Å². The number of ketones is 1. The Morgan fingerprint density at radius 3 is 1.88 bits per heavy atom. The van der Waals surface area contributed by atoms with Gasteiger partial charge in [-0.25, -0.2) is 9.59 Å². The van der Waals surface area contributed by atoms with Gasteiger partial charge in [0.2, 0.25) is 0 Å². The third-order valence-electron chi connectivity index (χ3n) is 6.70. The minimum Gasteiger partial charge on any atom is -0.456 e. The van der Waals surface area contributed by atoms with Gasteiger partial charge in [-0.3, -0.25) is 19.3 Å². The standard InChI is InChI=1S/C33H25NO7/c1-21-11-13-24(14-12-21)32(38)41-25-17-15-23(16-18-25)29(35)20-40-33(39)28(19-22-7-3-2-4-8-22)34-30(36)26-9-5-6-10-27(26)31(34)37/h2-18,28H,19-20H2,1H3. The number of amides is 2. The number of hydrogen-bond acceptors (Lipinski definition) is 7. The van der Waals surface area contributed by atoms with Crippen molar-refractivity contribution in [3.63, 3.8) is 0 Å². The van der Waals surface area contributed by atoms with Crippen LogP contribution in [0.25, 0.3) is 0 Å². The molecule has 0 aliphatic carbocycles. The number of carbonyl (C=O) groups excluding carboxylic acids is 5. The highest BCUT2D eigenvalue weighted by Gasteiger charge is 2.43. The Kier molecular flexibility index (Phi) is 7.83. The summed E-state index contributed by atoms with van der Waals surface area (Å²) < 4.78 is 10.7. The van der Waals surface area contributed by atoms with E-state index < -0.39 is 42.2 Å². The van der Waals surface area contributed by atoms with Gasteiger partial charge in [-0.05, 0) is 61.0 Å². The Morgan fingerprint density at radius 1 is 0.707 bits per heavy atom. The number of benzene rings is 4. The van der Waals surface area contributed by atoms with E-state index in [0.29, 0.717) is 11.1 Å². The molecule has 1 atom stereocenters. The fourth-order valence-electron chi connectivity index (χ4n) is 4.49. The monoisotopic (exact) mass is 547 g/mol. The van der Waals surface area contributed by atoms with Crippen molar-refractivity contribution < 1.29 is 33.4 Å². The molecule has 0 saturated carbocycles. The first-order valence-corrected chi connectivity index (χ1v) is 12.9. The predicted molar refractivity (Wildman–Crippen MR) is 149 cm³/mol. The first-order valence-electron chi connectivity index (χ1n) is 12.9. The van der Waals surface area contributed by atoms with Crippen LogP contribution in [0.2, 0.25) is 0 Å². The molecule has 0 saturated heterocycles. The first kappa shape index (κ1) is 27.2. The maximum absolute atomic E-state index is 13.3. The summed E-state index contributed by atoms with van der Waals surface area (Å²) in [6.07, 6.45) is 0.0282. The third-order valence-corrected chi connectivity index (χ3v) is 6.70. The molecule has 0 radical (unpaired) electrons. The molecule has 1 heterocycles. The summed E-state index contributed by atoms with van der Waals surface area (Å²) in [6, 6.07) is 26.8. The molecule has 1 aliphatic heterocycles. The summed E-state index contributed by atoms with van der Waals surface area (Å²) in [5.74, 6) is -2.85. The van der Waals surface area contributed by atoms with E-state index in [1.165, 1.54) is 36.4 Å². The Labute approximate surface area is 236 Å². The van der Waals surface area contributed by atoms with Crippen molar-refractivity contribution in [2.45, 2.75) is 19.4 Å². The van der Waals surface area contributed by atoms with Crippen molar-refractivity contribution in [2.75, 3.05) is 6.61 Å². The van der Waals surface area contributed by atoms with Gasteiger partial charge in [0.25, 0.3) is 11.8 Å². The van der Waals surface area contributed by atoms with Crippen molar-refractivity contribution in [1.29, 1.82) is 0 Å². The molecule has 1 aliphatic rings. The van der Waals surface area contributed by atoms with Crippen LogP contribution in [0.15, 0.2) is 103 Å². The van der Waals surface area contributed by atoms with E-state index >= 15 is 0 Å². The molecule has 0 N–H and O–H groups in total. The third kappa shape index (κ3) is 5.96. The number of Topliss-reactive ketones (excluding diaryl/α,β-unsaturated/α-hetero) is 1. The molecule has 5 rings (SSSR count). The second kappa shape index (κ2) is 11.8. The molecule has 2 amide bonds. The second-order valence-corrected chi connectivity index (χ2v) is 9.54. The number of ether oxygens (including phenoxy) is 2. The summed E-state index contributed by atoms with van der Waals surface area (Å²) in [7, 11) is 0. The molecule has 0 aromatic heterocycles. The molecule has 0 fully saturated rings. The fraction of sp³-hybridized carbons (Fsp3) is 0.121. The lowest BCUT2D eigenvalue weighted by molar-refractivity contribution is -0.147. The quantitative estimate of drug-likeness (QED) is 0.128. The fourth-order valence-corrected chi connectivity index (χ4v) is 4.49. The Balaban J connectivity index is 1.26. The molecule has 8 heteroatoms. The van der Waals surface area contributed by atoms with E-state index in [2.05, 4.69) is 0 Å². The van der Waals surface area contributed by atoms with E-state index in [0.717, 1.165) is 10.5 Å². The number of carbonyl (C=O) groups is 5. The topological polar surface area (TPSA) is 107 Å². The molecule has 41 heavy (non-hydrogen) atoms. The van der Waals surface area contributed by atoms with Crippen LogP contribution in [0.1, 0.15) is 52.6 Å². The van der Waals surface area contributed by atoms with Crippen LogP contribution in [-0.2, 0) is 16.0 Å². The van der Waals surface area contributed by atoms with Gasteiger partial charge in [0.1, 0.15) is 11.8 Å². The van der Waals surface area contributed by atoms with Gasteiger partial charge < -0.3 is 9.47 Å². The summed E-state index contributed by atoms with van der Waals surface area (Å²) in [5.41, 5.74) is 2.78. The number of hydrogen-bond donors (Lipinski definition) is 0. The van der Waals surface area contributed by atoms with E-state index in [4.69, 9.17) is 9.47 Å². The van der Waals surface area contributed by atoms with Crippen molar-refractivity contribution in [3.05, 3.63) is 137 Å². The van der Waals surface area contributed by atoms with Crippen LogP contribution in [0.5, 0.6) is 5.75 Å². The number of fused-ring (bicyclic) bond motifs is 1. The van der Waals surface area contributed by atoms with Gasteiger partial charge in [0.15, 0.2) is 12.4 Å². The van der Waals surface area contributed by atoms with Gasteiger partial charge >= 0.3 is 11.9 Å². The minimum atomic E-state index is -1.26. The SMILES string of the molecule is Cc1ccc(C(=O)Oc2ccc(C(=O)COC(=O)C(Cc3ccccc3)N3C(=O)c4ccccc4C3=O)cc2)cc1. The number of nitrogens with zero attached hydrogens (tertiary/aromatic N) is 1. The van der Waals surface area contributed by atoms with Gasteiger partial charge in [-0.2, -0.15) is 0 Å². The minimum absolute atomic E-state index is 0.0282. The van der Waals surface area contributed by atoms with Crippen molar-refractivity contribution in [1.82, 2.24) is 4.90 Å². The van der Waals surface area contributed by atoms with Crippen molar-refractivity contribution in [2.24, 2.45) is 0 Å². The van der Waals surface area contributed by atoms with Crippen LogP contribution in [0.4, 0.5) is 0 Å². The van der Waals surface area contributed by atoms with E-state index in [1.807, 2.05) is 13.0 Å². The lowest BCUT2D eigenvalue weighted by Gasteiger charge is -2.24. The zero-order valence-electron chi connectivity index (χ0n) is 22.1. The summed E-state index contributed by atoms with van der Waals surface area (Å²) in [4.78, 5) is 65.6. The number of rotatable bonds is 9.